The topological polar surface area (TPSA) is 62.3 Å². The minimum atomic E-state index is -0.810. The number of halogens is 1. The van der Waals surface area contributed by atoms with E-state index in [1.165, 1.54) is 24.0 Å². The number of nitrogens with zero attached hydrogens (tertiary/aromatic N) is 2. The van der Waals surface area contributed by atoms with Crippen LogP contribution < -0.4 is 5.32 Å². The molecule has 148 valence electrons. The average molecular weight is 391 g/mol. The number of amides is 2. The van der Waals surface area contributed by atoms with Crippen molar-refractivity contribution in [1.29, 1.82) is 0 Å². The molecule has 3 rings (SSSR count). The number of carbonyl (C=O) groups excluding carboxylic acids is 2. The molecule has 1 N–H and O–H groups in total. The van der Waals surface area contributed by atoms with Gasteiger partial charge in [0.15, 0.2) is 0 Å². The van der Waals surface area contributed by atoms with E-state index in [0.29, 0.717) is 12.1 Å². The van der Waals surface area contributed by atoms with E-state index in [1.54, 1.807) is 30.6 Å². The first kappa shape index (κ1) is 20.2. The molecule has 1 atom stereocenters. The Morgan fingerprint density at radius 2 is 1.72 bits per heavy atom. The lowest BCUT2D eigenvalue weighted by Crippen LogP contribution is -2.42. The van der Waals surface area contributed by atoms with Crippen molar-refractivity contribution in [2.24, 2.45) is 0 Å². The van der Waals surface area contributed by atoms with Crippen LogP contribution in [0.5, 0.6) is 0 Å². The van der Waals surface area contributed by atoms with Crippen LogP contribution in [0, 0.1) is 5.82 Å². The second-order valence-corrected chi connectivity index (χ2v) is 6.67. The number of hydrogen-bond acceptors (Lipinski definition) is 3. The molecular formula is C23H22FN3O2. The van der Waals surface area contributed by atoms with Gasteiger partial charge in [0.05, 0.1) is 0 Å². The zero-order chi connectivity index (χ0) is 20.6. The first-order valence-electron chi connectivity index (χ1n) is 9.28. The summed E-state index contributed by atoms with van der Waals surface area (Å²) in [5, 5.41) is 2.89. The van der Waals surface area contributed by atoms with Crippen LogP contribution in [0.4, 0.5) is 4.39 Å². The average Bonchev–Trinajstić information content (AvgIpc) is 2.74. The first-order chi connectivity index (χ1) is 14.0. The lowest BCUT2D eigenvalue weighted by atomic mass is 10.0. The monoisotopic (exact) mass is 391 g/mol. The number of benzene rings is 2. The highest BCUT2D eigenvalue weighted by atomic mass is 19.1. The summed E-state index contributed by atoms with van der Waals surface area (Å²) in [6, 6.07) is 17.9. The summed E-state index contributed by atoms with van der Waals surface area (Å²) >= 11 is 0. The van der Waals surface area contributed by atoms with Gasteiger partial charge in [-0.05, 0) is 34.9 Å². The van der Waals surface area contributed by atoms with E-state index >= 15 is 0 Å². The van der Waals surface area contributed by atoms with Gasteiger partial charge in [-0.15, -0.1) is 0 Å². The number of aromatic nitrogens is 1. The smallest absolute Gasteiger partial charge is 0.247 e. The van der Waals surface area contributed by atoms with Gasteiger partial charge in [0.1, 0.15) is 11.9 Å². The Bertz CT molecular complexity index is 947. The van der Waals surface area contributed by atoms with Crippen LogP contribution in [0.1, 0.15) is 29.7 Å². The fourth-order valence-corrected chi connectivity index (χ4v) is 3.07. The Morgan fingerprint density at radius 3 is 2.34 bits per heavy atom. The van der Waals surface area contributed by atoms with Crippen LogP contribution >= 0.6 is 0 Å². The van der Waals surface area contributed by atoms with Crippen molar-refractivity contribution >= 4 is 11.8 Å². The SMILES string of the molecule is CC(=O)N(Cc1ccc(F)cc1)[C@@H](C(=O)NCc1cccnc1)c1ccccc1. The molecule has 0 fully saturated rings. The Kier molecular flexibility index (Phi) is 6.68. The maximum absolute atomic E-state index is 13.2. The first-order valence-corrected chi connectivity index (χ1v) is 9.28. The second kappa shape index (κ2) is 9.59. The molecule has 2 aromatic carbocycles. The maximum atomic E-state index is 13.2. The fourth-order valence-electron chi connectivity index (χ4n) is 3.07. The number of nitrogens with one attached hydrogen (secondary N) is 1. The van der Waals surface area contributed by atoms with Gasteiger partial charge in [-0.2, -0.15) is 0 Å². The van der Waals surface area contributed by atoms with Crippen molar-refractivity contribution in [3.63, 3.8) is 0 Å². The Balaban J connectivity index is 1.86. The van der Waals surface area contributed by atoms with Crippen LogP contribution in [-0.2, 0) is 22.7 Å². The van der Waals surface area contributed by atoms with Gasteiger partial charge in [-0.3, -0.25) is 14.6 Å². The Hall–Kier alpha value is -3.54. The molecule has 1 aromatic heterocycles. The molecule has 0 unspecified atom stereocenters. The minimum absolute atomic E-state index is 0.190. The van der Waals surface area contributed by atoms with Crippen molar-refractivity contribution < 1.29 is 14.0 Å². The lowest BCUT2D eigenvalue weighted by molar-refractivity contribution is -0.140. The van der Waals surface area contributed by atoms with E-state index in [1.807, 2.05) is 36.4 Å². The van der Waals surface area contributed by atoms with Crippen molar-refractivity contribution in [2.75, 3.05) is 0 Å². The van der Waals surface area contributed by atoms with Crippen molar-refractivity contribution in [2.45, 2.75) is 26.1 Å². The van der Waals surface area contributed by atoms with Gasteiger partial charge in [0, 0.05) is 32.4 Å². The van der Waals surface area contributed by atoms with Crippen molar-refractivity contribution in [1.82, 2.24) is 15.2 Å². The molecule has 29 heavy (non-hydrogen) atoms. The molecule has 0 spiro atoms. The summed E-state index contributed by atoms with van der Waals surface area (Å²) < 4.78 is 13.2. The molecule has 0 radical (unpaired) electrons. The predicted molar refractivity (Wildman–Crippen MR) is 108 cm³/mol. The van der Waals surface area contributed by atoms with E-state index in [-0.39, 0.29) is 24.2 Å². The van der Waals surface area contributed by atoms with Gasteiger partial charge in [-0.25, -0.2) is 4.39 Å². The van der Waals surface area contributed by atoms with Crippen LogP contribution in [0.15, 0.2) is 79.1 Å². The summed E-state index contributed by atoms with van der Waals surface area (Å²) in [5.41, 5.74) is 2.30. The molecule has 0 aliphatic carbocycles. The summed E-state index contributed by atoms with van der Waals surface area (Å²) in [6.45, 7) is 1.92. The Morgan fingerprint density at radius 1 is 1.00 bits per heavy atom. The molecule has 2 amide bonds. The lowest BCUT2D eigenvalue weighted by Gasteiger charge is -2.30. The summed E-state index contributed by atoms with van der Waals surface area (Å²) in [5.74, 6) is -0.894. The molecular weight excluding hydrogens is 369 g/mol. The highest BCUT2D eigenvalue weighted by Gasteiger charge is 2.29. The summed E-state index contributed by atoms with van der Waals surface area (Å²) in [4.78, 5) is 31.1. The van der Waals surface area contributed by atoms with E-state index < -0.39 is 6.04 Å². The number of hydrogen-bond donors (Lipinski definition) is 1. The molecule has 6 heteroatoms. The second-order valence-electron chi connectivity index (χ2n) is 6.67. The summed E-state index contributed by atoms with van der Waals surface area (Å²) in [7, 11) is 0. The van der Waals surface area contributed by atoms with Gasteiger partial charge < -0.3 is 10.2 Å². The van der Waals surface area contributed by atoms with E-state index in [4.69, 9.17) is 0 Å². The highest BCUT2D eigenvalue weighted by Crippen LogP contribution is 2.24. The molecule has 3 aromatic rings. The van der Waals surface area contributed by atoms with Gasteiger partial charge in [0.2, 0.25) is 11.8 Å². The minimum Gasteiger partial charge on any atom is -0.350 e. The molecule has 1 heterocycles. The third-order valence-electron chi connectivity index (χ3n) is 4.54. The van der Waals surface area contributed by atoms with Crippen molar-refractivity contribution in [3.8, 4) is 0 Å². The fraction of sp³-hybridized carbons (Fsp3) is 0.174. The zero-order valence-electron chi connectivity index (χ0n) is 16.1. The van der Waals surface area contributed by atoms with Crippen LogP contribution in [0.3, 0.4) is 0 Å². The van der Waals surface area contributed by atoms with E-state index in [2.05, 4.69) is 10.3 Å². The van der Waals surface area contributed by atoms with Gasteiger partial charge in [-0.1, -0.05) is 48.5 Å². The van der Waals surface area contributed by atoms with Gasteiger partial charge in [0.25, 0.3) is 0 Å². The molecule has 5 nitrogen and oxygen atoms in total. The number of carbonyl (C=O) groups is 2. The summed E-state index contributed by atoms with van der Waals surface area (Å²) in [6.07, 6.45) is 3.34. The Labute approximate surface area is 169 Å². The standard InChI is InChI=1S/C23H22FN3O2/c1-17(28)27(16-18-9-11-21(24)12-10-18)22(20-7-3-2-4-8-20)23(29)26-15-19-6-5-13-25-14-19/h2-14,22H,15-16H2,1H3,(H,26,29)/t22-/m1/s1. The van der Waals surface area contributed by atoms with E-state index in [0.717, 1.165) is 11.1 Å². The zero-order valence-corrected chi connectivity index (χ0v) is 16.1. The maximum Gasteiger partial charge on any atom is 0.247 e. The molecule has 0 saturated carbocycles. The van der Waals surface area contributed by atoms with Gasteiger partial charge >= 0.3 is 0 Å². The van der Waals surface area contributed by atoms with E-state index in [9.17, 15) is 14.0 Å². The molecule has 0 saturated heterocycles. The third-order valence-corrected chi connectivity index (χ3v) is 4.54. The number of rotatable bonds is 7. The third kappa shape index (κ3) is 5.48. The highest BCUT2D eigenvalue weighted by molar-refractivity contribution is 5.88. The predicted octanol–water partition coefficient (Wildman–Crippen LogP) is 3.63. The van der Waals surface area contributed by atoms with Crippen LogP contribution in [-0.4, -0.2) is 21.7 Å². The molecule has 0 aliphatic rings. The number of pyridine rings is 1. The molecule has 0 aliphatic heterocycles. The largest absolute Gasteiger partial charge is 0.350 e. The normalized spacial score (nSPS) is 11.5. The van der Waals surface area contributed by atoms with Crippen LogP contribution in [0.25, 0.3) is 0 Å². The quantitative estimate of drug-likeness (QED) is 0.669. The molecule has 0 bridgehead atoms. The van der Waals surface area contributed by atoms with Crippen molar-refractivity contribution in [3.05, 3.63) is 102 Å². The van der Waals surface area contributed by atoms with Crippen LogP contribution in [0.2, 0.25) is 0 Å².